The average Bonchev–Trinajstić information content (AvgIpc) is 3.03. The molecule has 2 rings (SSSR count). The second kappa shape index (κ2) is 11.6. The molecular formula is C19H30IN5O4S. The zero-order chi connectivity index (χ0) is 21.5. The van der Waals surface area contributed by atoms with Crippen molar-refractivity contribution in [1.29, 1.82) is 0 Å². The molecule has 2 aromatic heterocycles. The molecule has 1 atom stereocenters. The Balaban J connectivity index is 0.00000450. The molecule has 168 valence electrons. The Morgan fingerprint density at radius 2 is 2.03 bits per heavy atom. The molecule has 0 aromatic carbocycles. The number of aromatic nitrogens is 1. The molecule has 30 heavy (non-hydrogen) atoms. The molecule has 0 aliphatic rings. The average molecular weight is 551 g/mol. The molecule has 9 nitrogen and oxygen atoms in total. The Bertz CT molecular complexity index is 930. The molecule has 0 amide bonds. The number of aryl methyl sites for hydroxylation is 2. The summed E-state index contributed by atoms with van der Waals surface area (Å²) < 4.78 is 32.4. The zero-order valence-corrected chi connectivity index (χ0v) is 20.7. The van der Waals surface area contributed by atoms with Gasteiger partial charge in [0, 0.05) is 37.6 Å². The largest absolute Gasteiger partial charge is 0.466 e. The van der Waals surface area contributed by atoms with Crippen molar-refractivity contribution in [3.05, 3.63) is 47.7 Å². The van der Waals surface area contributed by atoms with Gasteiger partial charge in [-0.2, -0.15) is 0 Å². The van der Waals surface area contributed by atoms with Gasteiger partial charge in [-0.25, -0.2) is 18.1 Å². The van der Waals surface area contributed by atoms with Gasteiger partial charge in [-0.05, 0) is 45.9 Å². The van der Waals surface area contributed by atoms with Crippen molar-refractivity contribution in [2.24, 2.45) is 4.99 Å². The fourth-order valence-corrected chi connectivity index (χ4v) is 3.78. The maximum atomic E-state index is 12.2. The van der Waals surface area contributed by atoms with Crippen LogP contribution in [0, 0.1) is 13.8 Å². The fourth-order valence-electron chi connectivity index (χ4n) is 2.78. The van der Waals surface area contributed by atoms with Crippen LogP contribution in [-0.2, 0) is 15.6 Å². The Kier molecular flexibility index (Phi) is 10.2. The third-order valence-electron chi connectivity index (χ3n) is 4.16. The van der Waals surface area contributed by atoms with E-state index >= 15 is 0 Å². The first-order valence-corrected chi connectivity index (χ1v) is 10.9. The van der Waals surface area contributed by atoms with Crippen molar-refractivity contribution in [3.63, 3.8) is 0 Å². The van der Waals surface area contributed by atoms with Crippen LogP contribution in [0.3, 0.4) is 0 Å². The fraction of sp³-hybridized carbons (Fsp3) is 0.474. The highest BCUT2D eigenvalue weighted by molar-refractivity contribution is 14.0. The van der Waals surface area contributed by atoms with Crippen LogP contribution in [0.2, 0.25) is 0 Å². The third kappa shape index (κ3) is 7.52. The van der Waals surface area contributed by atoms with E-state index in [1.54, 1.807) is 26.0 Å². The van der Waals surface area contributed by atoms with Crippen LogP contribution >= 0.6 is 24.0 Å². The summed E-state index contributed by atoms with van der Waals surface area (Å²) in [4.78, 5) is 8.35. The maximum absolute atomic E-state index is 12.2. The third-order valence-corrected chi connectivity index (χ3v) is 5.61. The highest BCUT2D eigenvalue weighted by Crippen LogP contribution is 2.27. The van der Waals surface area contributed by atoms with Crippen LogP contribution in [0.5, 0.6) is 0 Å². The first-order chi connectivity index (χ1) is 13.7. The van der Waals surface area contributed by atoms with Crippen LogP contribution in [0.25, 0.3) is 0 Å². The second-order valence-electron chi connectivity index (χ2n) is 6.81. The number of hydrogen-bond acceptors (Lipinski definition) is 6. The molecule has 0 saturated heterocycles. The van der Waals surface area contributed by atoms with E-state index in [-0.39, 0.29) is 42.0 Å². The van der Waals surface area contributed by atoms with Gasteiger partial charge >= 0.3 is 0 Å². The highest BCUT2D eigenvalue weighted by atomic mass is 127. The van der Waals surface area contributed by atoms with E-state index in [4.69, 9.17) is 4.42 Å². The van der Waals surface area contributed by atoms with Crippen molar-refractivity contribution in [2.45, 2.75) is 38.2 Å². The van der Waals surface area contributed by atoms with Gasteiger partial charge in [0.25, 0.3) is 0 Å². The van der Waals surface area contributed by atoms with Crippen LogP contribution in [-0.4, -0.2) is 50.6 Å². The van der Waals surface area contributed by atoms with E-state index in [1.165, 1.54) is 18.5 Å². The molecule has 2 heterocycles. The topological polar surface area (TPSA) is 129 Å². The Morgan fingerprint density at radius 1 is 1.30 bits per heavy atom. The summed E-state index contributed by atoms with van der Waals surface area (Å²) in [5.41, 5.74) is -0.495. The standard InChI is InChI=1S/C19H29N5O4S.HI/c1-5-21-18(23-13-19(4,25)17-11-14(2)28-15(17)3)22-9-10-24-29(26,27)16-7-6-8-20-12-16;/h6-8,11-12,24-25H,5,9-10,13H2,1-4H3,(H2,21,22,23);1H. The number of nitrogens with one attached hydrogen (secondary N) is 3. The van der Waals surface area contributed by atoms with Crippen LogP contribution < -0.4 is 15.4 Å². The van der Waals surface area contributed by atoms with Gasteiger partial charge in [0.05, 0.1) is 6.54 Å². The number of aliphatic hydroxyl groups is 1. The van der Waals surface area contributed by atoms with E-state index in [0.29, 0.717) is 30.4 Å². The van der Waals surface area contributed by atoms with Crippen molar-refractivity contribution in [2.75, 3.05) is 26.2 Å². The van der Waals surface area contributed by atoms with Crippen molar-refractivity contribution in [3.8, 4) is 0 Å². The number of halogens is 1. The predicted octanol–water partition coefficient (Wildman–Crippen LogP) is 1.65. The number of hydrogen-bond donors (Lipinski definition) is 4. The quantitative estimate of drug-likeness (QED) is 0.162. The molecule has 0 bridgehead atoms. The van der Waals surface area contributed by atoms with Gasteiger partial charge in [-0.1, -0.05) is 0 Å². The summed E-state index contributed by atoms with van der Waals surface area (Å²) in [7, 11) is -3.61. The number of guanidine groups is 1. The summed E-state index contributed by atoms with van der Waals surface area (Å²) in [6, 6.07) is 4.85. The number of pyridine rings is 1. The minimum Gasteiger partial charge on any atom is -0.466 e. The highest BCUT2D eigenvalue weighted by Gasteiger charge is 2.27. The van der Waals surface area contributed by atoms with E-state index in [9.17, 15) is 13.5 Å². The summed E-state index contributed by atoms with van der Waals surface area (Å²) in [5.74, 6) is 1.87. The lowest BCUT2D eigenvalue weighted by Gasteiger charge is -2.21. The second-order valence-corrected chi connectivity index (χ2v) is 8.58. The van der Waals surface area contributed by atoms with Crippen LogP contribution in [0.1, 0.15) is 30.9 Å². The molecule has 0 fully saturated rings. The molecule has 0 spiro atoms. The van der Waals surface area contributed by atoms with Crippen molar-refractivity contribution in [1.82, 2.24) is 20.3 Å². The molecule has 0 aliphatic heterocycles. The normalized spacial score (nSPS) is 14.0. The lowest BCUT2D eigenvalue weighted by Crippen LogP contribution is -2.42. The van der Waals surface area contributed by atoms with E-state index < -0.39 is 15.6 Å². The summed E-state index contributed by atoms with van der Waals surface area (Å²) >= 11 is 0. The van der Waals surface area contributed by atoms with Gasteiger partial charge in [0.15, 0.2) is 5.96 Å². The molecule has 0 saturated carbocycles. The SMILES string of the molecule is CCNC(=NCC(C)(O)c1cc(C)oc1C)NCCNS(=O)(=O)c1cccnc1.I. The van der Waals surface area contributed by atoms with Gasteiger partial charge in [-0.15, -0.1) is 24.0 Å². The number of aliphatic imine (C=N–C) groups is 1. The van der Waals surface area contributed by atoms with E-state index in [2.05, 4.69) is 25.3 Å². The monoisotopic (exact) mass is 551 g/mol. The Morgan fingerprint density at radius 3 is 2.60 bits per heavy atom. The van der Waals surface area contributed by atoms with Gasteiger partial charge in [0.2, 0.25) is 10.0 Å². The first-order valence-electron chi connectivity index (χ1n) is 9.37. The van der Waals surface area contributed by atoms with Crippen molar-refractivity contribution < 1.29 is 17.9 Å². The summed E-state index contributed by atoms with van der Waals surface area (Å²) in [6.07, 6.45) is 2.81. The zero-order valence-electron chi connectivity index (χ0n) is 17.6. The summed E-state index contributed by atoms with van der Waals surface area (Å²) in [6.45, 7) is 8.45. The Hall–Kier alpha value is -1.70. The summed E-state index contributed by atoms with van der Waals surface area (Å²) in [5, 5.41) is 16.9. The minimum atomic E-state index is -3.61. The smallest absolute Gasteiger partial charge is 0.242 e. The molecule has 11 heteroatoms. The predicted molar refractivity (Wildman–Crippen MR) is 127 cm³/mol. The maximum Gasteiger partial charge on any atom is 0.242 e. The minimum absolute atomic E-state index is 0. The molecule has 1 unspecified atom stereocenters. The van der Waals surface area contributed by atoms with E-state index in [1.807, 2.05) is 13.8 Å². The van der Waals surface area contributed by atoms with E-state index in [0.717, 1.165) is 5.76 Å². The van der Waals surface area contributed by atoms with Crippen LogP contribution in [0.4, 0.5) is 0 Å². The van der Waals surface area contributed by atoms with Gasteiger partial charge in [-0.3, -0.25) is 4.98 Å². The number of sulfonamides is 1. The molecule has 2 aromatic rings. The molecule has 4 N–H and O–H groups in total. The number of furan rings is 1. The number of rotatable bonds is 9. The molecular weight excluding hydrogens is 521 g/mol. The lowest BCUT2D eigenvalue weighted by atomic mass is 9.96. The van der Waals surface area contributed by atoms with Gasteiger partial charge < -0.3 is 20.2 Å². The molecule has 0 aliphatic carbocycles. The Labute approximate surface area is 194 Å². The van der Waals surface area contributed by atoms with Gasteiger partial charge in [0.1, 0.15) is 22.0 Å². The lowest BCUT2D eigenvalue weighted by molar-refractivity contribution is 0.0657. The van der Waals surface area contributed by atoms with Crippen molar-refractivity contribution >= 4 is 40.0 Å². The first kappa shape index (κ1) is 26.3. The number of nitrogens with zero attached hydrogens (tertiary/aromatic N) is 2. The molecule has 0 radical (unpaired) electrons. The van der Waals surface area contributed by atoms with Crippen LogP contribution in [0.15, 0.2) is 44.9 Å².